The minimum absolute atomic E-state index is 0.0481. The Kier molecular flexibility index (Phi) is 5.70. The molecule has 2 aromatic heterocycles. The summed E-state index contributed by atoms with van der Waals surface area (Å²) >= 11 is 0. The summed E-state index contributed by atoms with van der Waals surface area (Å²) in [6.07, 6.45) is 1.73. The molecule has 0 aliphatic carbocycles. The van der Waals surface area contributed by atoms with Crippen molar-refractivity contribution in [1.29, 1.82) is 0 Å². The van der Waals surface area contributed by atoms with Crippen molar-refractivity contribution in [3.63, 3.8) is 0 Å². The van der Waals surface area contributed by atoms with Gasteiger partial charge < -0.3 is 24.7 Å². The molecule has 0 spiro atoms. The third-order valence-corrected chi connectivity index (χ3v) is 5.41. The maximum Gasteiger partial charge on any atom is 0.268 e. The second kappa shape index (κ2) is 8.93. The molecule has 166 valence electrons. The smallest absolute Gasteiger partial charge is 0.268 e. The van der Waals surface area contributed by atoms with E-state index in [1.54, 1.807) is 12.3 Å². The average molecular weight is 435 g/mol. The van der Waals surface area contributed by atoms with E-state index in [0.29, 0.717) is 56.7 Å². The van der Waals surface area contributed by atoms with Gasteiger partial charge in [-0.15, -0.1) is 0 Å². The van der Waals surface area contributed by atoms with Gasteiger partial charge in [-0.2, -0.15) is 10.1 Å². The molecule has 2 saturated heterocycles. The van der Waals surface area contributed by atoms with Gasteiger partial charge in [0, 0.05) is 13.1 Å². The second-order valence-corrected chi connectivity index (χ2v) is 7.91. The van der Waals surface area contributed by atoms with E-state index < -0.39 is 0 Å². The van der Waals surface area contributed by atoms with E-state index >= 15 is 0 Å². The standard InChI is InChI=1S/C22H25N7O3/c1-14-3-2-4-15(9-14)11-23-28-22-26-17-10-18(21(30)24-16-12-32-13-16)25-19(17)20(27-22)29-5-7-31-8-6-29/h2-4,9-11,16,25H,5-8,12-13H2,1H3,(H,24,30)(H,26,27,28)/b23-11+. The van der Waals surface area contributed by atoms with Gasteiger partial charge in [-0.3, -0.25) is 4.79 Å². The Balaban J connectivity index is 1.43. The van der Waals surface area contributed by atoms with Crippen LogP contribution in [0.2, 0.25) is 0 Å². The summed E-state index contributed by atoms with van der Waals surface area (Å²) in [5, 5.41) is 7.25. The van der Waals surface area contributed by atoms with Gasteiger partial charge in [0.05, 0.1) is 44.2 Å². The number of nitrogens with one attached hydrogen (secondary N) is 3. The summed E-state index contributed by atoms with van der Waals surface area (Å²) in [6, 6.07) is 9.83. The predicted octanol–water partition coefficient (Wildman–Crippen LogP) is 1.68. The topological polar surface area (TPSA) is 117 Å². The lowest BCUT2D eigenvalue weighted by atomic mass is 10.2. The van der Waals surface area contributed by atoms with Crippen LogP contribution in [0.25, 0.3) is 11.0 Å². The Labute approximate surface area is 185 Å². The van der Waals surface area contributed by atoms with Crippen LogP contribution in [0.5, 0.6) is 0 Å². The molecule has 0 atom stereocenters. The number of aryl methyl sites for hydroxylation is 1. The molecule has 10 nitrogen and oxygen atoms in total. The van der Waals surface area contributed by atoms with Crippen LogP contribution in [-0.2, 0) is 9.47 Å². The molecule has 0 bridgehead atoms. The van der Waals surface area contributed by atoms with E-state index in [1.807, 2.05) is 31.2 Å². The summed E-state index contributed by atoms with van der Waals surface area (Å²) in [5.74, 6) is 0.898. The van der Waals surface area contributed by atoms with Crippen molar-refractivity contribution < 1.29 is 14.3 Å². The maximum absolute atomic E-state index is 12.6. The largest absolute Gasteiger partial charge is 0.378 e. The number of aromatic nitrogens is 3. The Morgan fingerprint density at radius 2 is 2.06 bits per heavy atom. The zero-order valence-corrected chi connectivity index (χ0v) is 17.8. The number of nitrogens with zero attached hydrogens (tertiary/aromatic N) is 4. The number of anilines is 2. The van der Waals surface area contributed by atoms with Crippen molar-refractivity contribution in [1.82, 2.24) is 20.3 Å². The van der Waals surface area contributed by atoms with Crippen LogP contribution in [0.3, 0.4) is 0 Å². The number of ether oxygens (including phenoxy) is 2. The first-order valence-corrected chi connectivity index (χ1v) is 10.6. The molecule has 2 fully saturated rings. The fraction of sp³-hybridized carbons (Fsp3) is 0.364. The van der Waals surface area contributed by atoms with E-state index in [2.05, 4.69) is 35.7 Å². The molecule has 4 heterocycles. The Bertz CT molecular complexity index is 1150. The predicted molar refractivity (Wildman–Crippen MR) is 121 cm³/mol. The van der Waals surface area contributed by atoms with Gasteiger partial charge in [-0.25, -0.2) is 10.4 Å². The highest BCUT2D eigenvalue weighted by molar-refractivity contribution is 6.00. The maximum atomic E-state index is 12.6. The number of fused-ring (bicyclic) bond motifs is 1. The average Bonchev–Trinajstić information content (AvgIpc) is 3.21. The molecule has 1 aromatic carbocycles. The van der Waals surface area contributed by atoms with Crippen LogP contribution in [0.1, 0.15) is 21.6 Å². The molecule has 3 aromatic rings. The first-order chi connectivity index (χ1) is 15.7. The first kappa shape index (κ1) is 20.4. The summed E-state index contributed by atoms with van der Waals surface area (Å²) in [7, 11) is 0. The van der Waals surface area contributed by atoms with E-state index in [0.717, 1.165) is 22.5 Å². The number of hydrogen-bond acceptors (Lipinski definition) is 8. The molecule has 0 radical (unpaired) electrons. The fourth-order valence-corrected chi connectivity index (χ4v) is 3.67. The lowest BCUT2D eigenvalue weighted by Crippen LogP contribution is -2.48. The highest BCUT2D eigenvalue weighted by Gasteiger charge is 2.24. The van der Waals surface area contributed by atoms with Gasteiger partial charge in [0.25, 0.3) is 5.91 Å². The van der Waals surface area contributed by atoms with Gasteiger partial charge in [0.2, 0.25) is 5.95 Å². The van der Waals surface area contributed by atoms with E-state index in [4.69, 9.17) is 9.47 Å². The number of hydrogen-bond donors (Lipinski definition) is 3. The molecule has 0 saturated carbocycles. The second-order valence-electron chi connectivity index (χ2n) is 7.91. The number of carbonyl (C=O) groups is 1. The molecule has 32 heavy (non-hydrogen) atoms. The zero-order valence-electron chi connectivity index (χ0n) is 17.8. The summed E-state index contributed by atoms with van der Waals surface area (Å²) in [6.45, 7) is 5.77. The van der Waals surface area contributed by atoms with Crippen LogP contribution in [-0.4, -0.2) is 72.6 Å². The zero-order chi connectivity index (χ0) is 21.9. The van der Waals surface area contributed by atoms with Crippen LogP contribution < -0.4 is 15.6 Å². The van der Waals surface area contributed by atoms with Crippen molar-refractivity contribution in [2.24, 2.45) is 5.10 Å². The van der Waals surface area contributed by atoms with E-state index in [9.17, 15) is 4.79 Å². The lowest BCUT2D eigenvalue weighted by Gasteiger charge is -2.28. The van der Waals surface area contributed by atoms with Gasteiger partial charge >= 0.3 is 0 Å². The molecule has 5 rings (SSSR count). The van der Waals surface area contributed by atoms with Gasteiger partial charge in [0.15, 0.2) is 5.82 Å². The summed E-state index contributed by atoms with van der Waals surface area (Å²) in [5.41, 5.74) is 6.87. The lowest BCUT2D eigenvalue weighted by molar-refractivity contribution is -0.00353. The Hall–Kier alpha value is -3.50. The highest BCUT2D eigenvalue weighted by Crippen LogP contribution is 2.26. The van der Waals surface area contributed by atoms with Gasteiger partial charge in [0.1, 0.15) is 11.2 Å². The molecule has 10 heteroatoms. The van der Waals surface area contributed by atoms with Crippen LogP contribution in [0.15, 0.2) is 35.4 Å². The number of aromatic amines is 1. The van der Waals surface area contributed by atoms with Crippen molar-refractivity contribution in [2.45, 2.75) is 13.0 Å². The summed E-state index contributed by atoms with van der Waals surface area (Å²) < 4.78 is 10.6. The van der Waals surface area contributed by atoms with Crippen molar-refractivity contribution in [3.05, 3.63) is 47.2 Å². The number of amides is 1. The molecule has 2 aliphatic heterocycles. The minimum atomic E-state index is -0.184. The van der Waals surface area contributed by atoms with Crippen LogP contribution >= 0.6 is 0 Å². The van der Waals surface area contributed by atoms with Crippen LogP contribution in [0.4, 0.5) is 11.8 Å². The third kappa shape index (κ3) is 4.41. The molecule has 3 N–H and O–H groups in total. The molecule has 1 amide bonds. The SMILES string of the molecule is Cc1cccc(/C=N/Nc2nc(N3CCOCC3)c3[nH]c(C(=O)NC4COC4)cc3n2)c1. The van der Waals surface area contributed by atoms with E-state index in [-0.39, 0.29) is 11.9 Å². The van der Waals surface area contributed by atoms with Gasteiger partial charge in [-0.1, -0.05) is 29.8 Å². The number of morpholine rings is 1. The molecular weight excluding hydrogens is 410 g/mol. The van der Waals surface area contributed by atoms with Crippen LogP contribution in [0, 0.1) is 6.92 Å². The number of rotatable bonds is 6. The number of carbonyl (C=O) groups excluding carboxylic acids is 1. The minimum Gasteiger partial charge on any atom is -0.378 e. The Morgan fingerprint density at radius 3 is 2.81 bits per heavy atom. The first-order valence-electron chi connectivity index (χ1n) is 10.6. The number of benzene rings is 1. The van der Waals surface area contributed by atoms with Gasteiger partial charge in [-0.05, 0) is 18.6 Å². The molecule has 2 aliphatic rings. The van der Waals surface area contributed by atoms with Crippen molar-refractivity contribution in [3.8, 4) is 0 Å². The van der Waals surface area contributed by atoms with E-state index in [1.165, 1.54) is 0 Å². The Morgan fingerprint density at radius 1 is 1.22 bits per heavy atom. The van der Waals surface area contributed by atoms with Crippen molar-refractivity contribution in [2.75, 3.05) is 49.8 Å². The molecule has 0 unspecified atom stereocenters. The summed E-state index contributed by atoms with van der Waals surface area (Å²) in [4.78, 5) is 27.2. The number of hydrazone groups is 1. The third-order valence-electron chi connectivity index (χ3n) is 5.41. The monoisotopic (exact) mass is 435 g/mol. The van der Waals surface area contributed by atoms with Crippen molar-refractivity contribution >= 4 is 34.9 Å². The fourth-order valence-electron chi connectivity index (χ4n) is 3.67. The quantitative estimate of drug-likeness (QED) is 0.398. The highest BCUT2D eigenvalue weighted by atomic mass is 16.5. The normalized spacial score (nSPS) is 17.0. The molecular formula is C22H25N7O3. The number of H-pyrrole nitrogens is 1.